The summed E-state index contributed by atoms with van der Waals surface area (Å²) in [5.74, 6) is 0. The molecule has 0 nitrogen and oxygen atoms in total. The van der Waals surface area contributed by atoms with Crippen LogP contribution in [0.5, 0.6) is 0 Å². The standard InChI is InChI=1S/C18H16IP3/c19-16-10-14(20)5-6-15(16)13-3-1-2-11(8-13)12-4-7-17(21)18(22)9-12/h1-10H,20-22H2. The van der Waals surface area contributed by atoms with E-state index in [1.165, 1.54) is 41.7 Å². The third-order valence-electron chi connectivity index (χ3n) is 3.59. The smallest absolute Gasteiger partial charge is 0.0214 e. The van der Waals surface area contributed by atoms with E-state index in [1.54, 1.807) is 0 Å². The summed E-state index contributed by atoms with van der Waals surface area (Å²) in [6, 6.07) is 21.8. The summed E-state index contributed by atoms with van der Waals surface area (Å²) in [6.07, 6.45) is 0. The molecule has 3 aromatic carbocycles. The van der Waals surface area contributed by atoms with E-state index in [1.807, 2.05) is 0 Å². The molecule has 0 saturated carbocycles. The Labute approximate surface area is 152 Å². The number of hydrogen-bond donors (Lipinski definition) is 0. The maximum Gasteiger partial charge on any atom is 0.0214 e. The Morgan fingerprint density at radius 1 is 0.636 bits per heavy atom. The summed E-state index contributed by atoms with van der Waals surface area (Å²) in [5, 5.41) is 3.65. The van der Waals surface area contributed by atoms with Crippen molar-refractivity contribution in [3.8, 4) is 22.3 Å². The van der Waals surface area contributed by atoms with E-state index in [4.69, 9.17) is 0 Å². The highest BCUT2D eigenvalue weighted by Crippen LogP contribution is 2.29. The highest BCUT2D eigenvalue weighted by molar-refractivity contribution is 14.1. The van der Waals surface area contributed by atoms with Crippen LogP contribution in [0.3, 0.4) is 0 Å². The average Bonchev–Trinajstić information content (AvgIpc) is 2.50. The zero-order valence-electron chi connectivity index (χ0n) is 11.9. The fourth-order valence-corrected chi connectivity index (χ4v) is 4.29. The predicted octanol–water partition coefficient (Wildman–Crippen LogP) is 4.13. The molecule has 4 heteroatoms. The van der Waals surface area contributed by atoms with Crippen molar-refractivity contribution in [3.05, 3.63) is 64.2 Å². The number of benzene rings is 3. The van der Waals surface area contributed by atoms with Crippen molar-refractivity contribution in [1.82, 2.24) is 0 Å². The van der Waals surface area contributed by atoms with Crippen molar-refractivity contribution in [1.29, 1.82) is 0 Å². The van der Waals surface area contributed by atoms with Gasteiger partial charge in [0, 0.05) is 3.57 Å². The van der Waals surface area contributed by atoms with Crippen molar-refractivity contribution in [2.24, 2.45) is 0 Å². The molecule has 0 bridgehead atoms. The van der Waals surface area contributed by atoms with Gasteiger partial charge in [0.05, 0.1) is 0 Å². The van der Waals surface area contributed by atoms with Gasteiger partial charge < -0.3 is 0 Å². The second kappa shape index (κ2) is 7.06. The molecule has 0 aliphatic rings. The van der Waals surface area contributed by atoms with Gasteiger partial charge in [-0.05, 0) is 79.0 Å². The number of halogens is 1. The highest BCUT2D eigenvalue weighted by Gasteiger charge is 2.06. The molecule has 0 radical (unpaired) electrons. The van der Waals surface area contributed by atoms with Crippen molar-refractivity contribution < 1.29 is 0 Å². The molecule has 3 atom stereocenters. The molecule has 0 aliphatic heterocycles. The van der Waals surface area contributed by atoms with Crippen LogP contribution in [0.15, 0.2) is 60.7 Å². The van der Waals surface area contributed by atoms with Gasteiger partial charge >= 0.3 is 0 Å². The molecule has 0 N–H and O–H groups in total. The van der Waals surface area contributed by atoms with Crippen LogP contribution in [-0.4, -0.2) is 0 Å². The maximum absolute atomic E-state index is 2.79. The molecular weight excluding hydrogens is 436 g/mol. The quantitative estimate of drug-likeness (QED) is 0.406. The molecule has 0 heterocycles. The molecule has 0 aliphatic carbocycles. The summed E-state index contributed by atoms with van der Waals surface area (Å²) in [5.41, 5.74) is 5.03. The fourth-order valence-electron chi connectivity index (χ4n) is 2.39. The Hall–Kier alpha value is -0.320. The van der Waals surface area contributed by atoms with Crippen LogP contribution in [-0.2, 0) is 0 Å². The predicted molar refractivity (Wildman–Crippen MR) is 118 cm³/mol. The first-order valence-electron chi connectivity index (χ1n) is 6.85. The zero-order chi connectivity index (χ0) is 15.7. The van der Waals surface area contributed by atoms with Crippen LogP contribution in [0.2, 0.25) is 0 Å². The third-order valence-corrected chi connectivity index (χ3v) is 6.20. The zero-order valence-corrected chi connectivity index (χ0v) is 17.5. The lowest BCUT2D eigenvalue weighted by Gasteiger charge is -2.10. The van der Waals surface area contributed by atoms with E-state index >= 15 is 0 Å². The van der Waals surface area contributed by atoms with Crippen molar-refractivity contribution in [2.45, 2.75) is 0 Å². The van der Waals surface area contributed by atoms with Crippen LogP contribution in [0.25, 0.3) is 22.3 Å². The minimum Gasteiger partial charge on any atom is -0.106 e. The molecule has 22 heavy (non-hydrogen) atoms. The summed E-state index contributed by atoms with van der Waals surface area (Å²) >= 11 is 2.41. The Kier molecular flexibility index (Phi) is 5.31. The molecular formula is C18H16IP3. The third kappa shape index (κ3) is 3.60. The molecule has 0 amide bonds. The lowest BCUT2D eigenvalue weighted by Crippen LogP contribution is -2.10. The number of rotatable bonds is 2. The largest absolute Gasteiger partial charge is 0.106 e. The SMILES string of the molecule is Pc1ccc(-c2cccc(-c3ccc(P)c(P)c3)c2)c(I)c1. The normalized spacial score (nSPS) is 10.7. The van der Waals surface area contributed by atoms with E-state index < -0.39 is 0 Å². The first-order chi connectivity index (χ1) is 10.5. The van der Waals surface area contributed by atoms with Gasteiger partial charge in [-0.2, -0.15) is 0 Å². The van der Waals surface area contributed by atoms with Crippen molar-refractivity contribution in [3.63, 3.8) is 0 Å². The number of hydrogen-bond acceptors (Lipinski definition) is 0. The summed E-state index contributed by atoms with van der Waals surface area (Å²) in [4.78, 5) is 0. The van der Waals surface area contributed by atoms with E-state index in [-0.39, 0.29) is 0 Å². The van der Waals surface area contributed by atoms with Crippen LogP contribution in [0.4, 0.5) is 0 Å². The van der Waals surface area contributed by atoms with Gasteiger partial charge in [0.25, 0.3) is 0 Å². The highest BCUT2D eigenvalue weighted by atomic mass is 127. The first kappa shape index (κ1) is 16.5. The monoisotopic (exact) mass is 452 g/mol. The Morgan fingerprint density at radius 2 is 1.36 bits per heavy atom. The van der Waals surface area contributed by atoms with Gasteiger partial charge in [0.15, 0.2) is 0 Å². The summed E-state index contributed by atoms with van der Waals surface area (Å²) in [6.45, 7) is 0. The second-order valence-electron chi connectivity index (χ2n) is 5.16. The van der Waals surface area contributed by atoms with Crippen molar-refractivity contribution in [2.75, 3.05) is 0 Å². The van der Waals surface area contributed by atoms with E-state index in [0.717, 1.165) is 0 Å². The van der Waals surface area contributed by atoms with Crippen LogP contribution in [0.1, 0.15) is 0 Å². The average molecular weight is 452 g/mol. The van der Waals surface area contributed by atoms with E-state index in [2.05, 4.69) is 111 Å². The minimum atomic E-state index is 1.22. The van der Waals surface area contributed by atoms with Gasteiger partial charge in [-0.3, -0.25) is 0 Å². The van der Waals surface area contributed by atoms with Gasteiger partial charge in [-0.1, -0.05) is 42.5 Å². The fraction of sp³-hybridized carbons (Fsp3) is 0. The molecule has 0 aromatic heterocycles. The Morgan fingerprint density at radius 3 is 2.09 bits per heavy atom. The van der Waals surface area contributed by atoms with E-state index in [0.29, 0.717) is 0 Å². The van der Waals surface area contributed by atoms with Gasteiger partial charge in [0.1, 0.15) is 0 Å². The summed E-state index contributed by atoms with van der Waals surface area (Å²) in [7, 11) is 8.31. The first-order valence-corrected chi connectivity index (χ1v) is 9.66. The van der Waals surface area contributed by atoms with Gasteiger partial charge in [-0.25, -0.2) is 0 Å². The molecule has 0 fully saturated rings. The molecule has 3 rings (SSSR count). The Balaban J connectivity index is 2.07. The molecule has 0 saturated heterocycles. The molecule has 3 unspecified atom stereocenters. The molecule has 0 spiro atoms. The molecule has 3 aromatic rings. The second-order valence-corrected chi connectivity index (χ2v) is 8.24. The van der Waals surface area contributed by atoms with Crippen LogP contribution < -0.4 is 15.9 Å². The molecule has 110 valence electrons. The Bertz CT molecular complexity index is 843. The van der Waals surface area contributed by atoms with Gasteiger partial charge in [-0.15, -0.1) is 27.7 Å². The van der Waals surface area contributed by atoms with Crippen molar-refractivity contribution >= 4 is 66.2 Å². The topological polar surface area (TPSA) is 0 Å². The summed E-state index contributed by atoms with van der Waals surface area (Å²) < 4.78 is 1.27. The van der Waals surface area contributed by atoms with Crippen LogP contribution >= 0.6 is 50.3 Å². The van der Waals surface area contributed by atoms with Crippen LogP contribution in [0, 0.1) is 3.57 Å². The lowest BCUT2D eigenvalue weighted by atomic mass is 9.99. The van der Waals surface area contributed by atoms with E-state index in [9.17, 15) is 0 Å². The minimum absolute atomic E-state index is 1.22. The lowest BCUT2D eigenvalue weighted by molar-refractivity contribution is 1.59. The van der Waals surface area contributed by atoms with Gasteiger partial charge in [0.2, 0.25) is 0 Å². The maximum atomic E-state index is 2.79.